The Bertz CT molecular complexity index is 1180. The van der Waals surface area contributed by atoms with Gasteiger partial charge in [-0.25, -0.2) is 4.89 Å². The summed E-state index contributed by atoms with van der Waals surface area (Å²) in [4.78, 5) is 17.1. The molecule has 0 spiro atoms. The van der Waals surface area contributed by atoms with Crippen LogP contribution in [0, 0.1) is 6.92 Å². The summed E-state index contributed by atoms with van der Waals surface area (Å²) >= 11 is 1.53. The third kappa shape index (κ3) is 9.80. The summed E-state index contributed by atoms with van der Waals surface area (Å²) in [7, 11) is 0. The molecule has 0 radical (unpaired) electrons. The van der Waals surface area contributed by atoms with E-state index in [1.807, 2.05) is 32.0 Å². The Morgan fingerprint density at radius 3 is 2.26 bits per heavy atom. The maximum atomic E-state index is 12.9. The second-order valence-corrected chi connectivity index (χ2v) is 9.78. The molecule has 3 rings (SSSR count). The molecule has 0 amide bonds. The van der Waals surface area contributed by atoms with Crippen LogP contribution in [0.1, 0.15) is 41.3 Å². The molecule has 3 aromatic carbocycles. The number of alkyl halides is 3. The van der Waals surface area contributed by atoms with Crippen molar-refractivity contribution in [2.45, 2.75) is 43.9 Å². The fourth-order valence-corrected chi connectivity index (χ4v) is 4.55. The van der Waals surface area contributed by atoms with Gasteiger partial charge in [-0.05, 0) is 85.6 Å². The minimum Gasteiger partial charge on any atom is -0.491 e. The number of thioether (sulfide) groups is 1. The number of aryl methyl sites for hydroxylation is 1. The number of ether oxygens (including phenoxy) is 3. The van der Waals surface area contributed by atoms with Crippen molar-refractivity contribution in [2.24, 2.45) is 0 Å². The minimum absolute atomic E-state index is 0.0572. The first-order chi connectivity index (χ1) is 18.7. The number of carbonyl (C=O) groups is 1. The van der Waals surface area contributed by atoms with E-state index in [2.05, 4.69) is 4.89 Å². The Kier molecular flexibility index (Phi) is 11.5. The largest absolute Gasteiger partial charge is 0.491 e. The van der Waals surface area contributed by atoms with E-state index in [4.69, 9.17) is 19.5 Å². The van der Waals surface area contributed by atoms with Gasteiger partial charge in [0.05, 0.1) is 5.56 Å². The number of benzene rings is 3. The Balaban J connectivity index is 1.68. The van der Waals surface area contributed by atoms with E-state index in [0.717, 1.165) is 29.0 Å². The van der Waals surface area contributed by atoms with Crippen molar-refractivity contribution in [1.29, 1.82) is 0 Å². The second-order valence-electron chi connectivity index (χ2n) is 8.69. The van der Waals surface area contributed by atoms with Crippen LogP contribution < -0.4 is 14.2 Å². The number of halogens is 3. The molecule has 0 fully saturated rings. The molecular formula is C29H31F3O6S. The summed E-state index contributed by atoms with van der Waals surface area (Å²) < 4.78 is 56.1. The van der Waals surface area contributed by atoms with Crippen molar-refractivity contribution >= 4 is 17.5 Å². The Morgan fingerprint density at radius 1 is 0.949 bits per heavy atom. The average molecular weight is 565 g/mol. The van der Waals surface area contributed by atoms with Gasteiger partial charge in [-0.3, -0.25) is 10.1 Å². The van der Waals surface area contributed by atoms with Gasteiger partial charge in [0.25, 0.3) is 0 Å². The number of rotatable bonds is 15. The monoisotopic (exact) mass is 564 g/mol. The van der Waals surface area contributed by atoms with Crippen LogP contribution in [-0.2, 0) is 11.1 Å². The molecule has 1 N–H and O–H groups in total. The number of hydrogen-bond donors (Lipinski definition) is 1. The highest BCUT2D eigenvalue weighted by atomic mass is 32.2. The van der Waals surface area contributed by atoms with E-state index in [0.29, 0.717) is 35.0 Å². The van der Waals surface area contributed by atoms with Crippen molar-refractivity contribution < 1.29 is 42.3 Å². The van der Waals surface area contributed by atoms with Crippen LogP contribution in [0.15, 0.2) is 71.6 Å². The third-order valence-corrected chi connectivity index (χ3v) is 6.71. The van der Waals surface area contributed by atoms with Crippen molar-refractivity contribution in [1.82, 2.24) is 0 Å². The molecule has 1 atom stereocenters. The van der Waals surface area contributed by atoms with Gasteiger partial charge in [-0.15, -0.1) is 11.8 Å². The summed E-state index contributed by atoms with van der Waals surface area (Å²) in [6.45, 7) is 4.21. The quantitative estimate of drug-likeness (QED) is 0.0674. The van der Waals surface area contributed by atoms with Crippen LogP contribution in [0.25, 0.3) is 0 Å². The summed E-state index contributed by atoms with van der Waals surface area (Å²) in [6, 6.07) is 17.1. The molecular weight excluding hydrogens is 533 g/mol. The third-order valence-electron chi connectivity index (χ3n) is 5.59. The SMILES string of the molecule is CCCC(=O)c1ccc(OC(COc2ccc(C(F)(F)F)cc2)CSc2ccc(OCCOO)c(C)c2)cc1. The molecule has 6 nitrogen and oxygen atoms in total. The molecule has 0 aliphatic carbocycles. The van der Waals surface area contributed by atoms with Crippen LogP contribution in [0.5, 0.6) is 17.2 Å². The van der Waals surface area contributed by atoms with E-state index in [9.17, 15) is 18.0 Å². The zero-order valence-corrected chi connectivity index (χ0v) is 22.5. The topological polar surface area (TPSA) is 74.2 Å². The van der Waals surface area contributed by atoms with Gasteiger partial charge in [0.15, 0.2) is 5.78 Å². The molecule has 1 unspecified atom stereocenters. The number of Topliss-reactive ketones (excluding diaryl/α,β-unsaturated/α-hetero) is 1. The lowest BCUT2D eigenvalue weighted by Crippen LogP contribution is -2.27. The van der Waals surface area contributed by atoms with Crippen LogP contribution in [0.4, 0.5) is 13.2 Å². The standard InChI is InChI=1S/C29H31F3O6S/c1-3-4-27(33)21-5-9-24(10-6-21)38-25(18-36-23-11-7-22(8-12-23)29(30,31)32)19-39-26-13-14-28(20(2)17-26)35-15-16-37-34/h5-14,17,25,34H,3-4,15-16,18-19H2,1-2H3. The Labute approximate surface area is 230 Å². The Hall–Kier alpha value is -3.21. The van der Waals surface area contributed by atoms with Crippen molar-refractivity contribution in [3.63, 3.8) is 0 Å². The Morgan fingerprint density at radius 2 is 1.64 bits per heavy atom. The molecule has 3 aromatic rings. The first-order valence-corrected chi connectivity index (χ1v) is 13.4. The maximum Gasteiger partial charge on any atom is 0.416 e. The van der Waals surface area contributed by atoms with Gasteiger partial charge in [0.2, 0.25) is 0 Å². The van der Waals surface area contributed by atoms with E-state index in [1.54, 1.807) is 24.3 Å². The van der Waals surface area contributed by atoms with Crippen molar-refractivity contribution in [2.75, 3.05) is 25.6 Å². The van der Waals surface area contributed by atoms with E-state index in [1.165, 1.54) is 23.9 Å². The van der Waals surface area contributed by atoms with Gasteiger partial charge < -0.3 is 14.2 Å². The molecule has 0 saturated heterocycles. The predicted octanol–water partition coefficient (Wildman–Crippen LogP) is 7.48. The van der Waals surface area contributed by atoms with E-state index < -0.39 is 17.8 Å². The van der Waals surface area contributed by atoms with Gasteiger partial charge in [-0.1, -0.05) is 6.92 Å². The summed E-state index contributed by atoms with van der Waals surface area (Å²) in [6.07, 6.45) is -3.63. The predicted molar refractivity (Wildman–Crippen MR) is 143 cm³/mol. The number of hydrogen-bond acceptors (Lipinski definition) is 7. The second kappa shape index (κ2) is 14.8. The number of carbonyl (C=O) groups excluding carboxylic acids is 1. The normalized spacial score (nSPS) is 12.2. The molecule has 39 heavy (non-hydrogen) atoms. The molecule has 0 heterocycles. The van der Waals surface area contributed by atoms with Gasteiger partial charge in [0, 0.05) is 22.6 Å². The minimum atomic E-state index is -4.42. The molecule has 10 heteroatoms. The van der Waals surface area contributed by atoms with Gasteiger partial charge in [0.1, 0.15) is 43.2 Å². The summed E-state index contributed by atoms with van der Waals surface area (Å²) in [5.74, 6) is 2.07. The fourth-order valence-electron chi connectivity index (χ4n) is 3.58. The molecule has 0 aliphatic heterocycles. The zero-order chi connectivity index (χ0) is 28.3. The fraction of sp³-hybridized carbons (Fsp3) is 0.345. The van der Waals surface area contributed by atoms with E-state index in [-0.39, 0.29) is 25.6 Å². The lowest BCUT2D eigenvalue weighted by Gasteiger charge is -2.20. The maximum absolute atomic E-state index is 12.9. The smallest absolute Gasteiger partial charge is 0.416 e. The molecule has 0 aliphatic rings. The van der Waals surface area contributed by atoms with Crippen molar-refractivity contribution in [3.05, 3.63) is 83.4 Å². The van der Waals surface area contributed by atoms with Crippen LogP contribution in [-0.4, -0.2) is 42.7 Å². The van der Waals surface area contributed by atoms with Gasteiger partial charge >= 0.3 is 6.18 Å². The lowest BCUT2D eigenvalue weighted by atomic mass is 10.1. The highest BCUT2D eigenvalue weighted by Crippen LogP contribution is 2.31. The molecule has 0 aromatic heterocycles. The highest BCUT2D eigenvalue weighted by Gasteiger charge is 2.30. The van der Waals surface area contributed by atoms with Crippen LogP contribution >= 0.6 is 11.8 Å². The molecule has 210 valence electrons. The average Bonchev–Trinajstić information content (AvgIpc) is 2.91. The van der Waals surface area contributed by atoms with E-state index >= 15 is 0 Å². The molecule has 0 bridgehead atoms. The lowest BCUT2D eigenvalue weighted by molar-refractivity contribution is -0.245. The zero-order valence-electron chi connectivity index (χ0n) is 21.7. The number of ketones is 1. The van der Waals surface area contributed by atoms with Gasteiger partial charge in [-0.2, -0.15) is 13.2 Å². The first-order valence-electron chi connectivity index (χ1n) is 12.4. The summed E-state index contributed by atoms with van der Waals surface area (Å²) in [5.41, 5.74) is 0.769. The molecule has 0 saturated carbocycles. The van der Waals surface area contributed by atoms with Crippen LogP contribution in [0.2, 0.25) is 0 Å². The first kappa shape index (κ1) is 30.3. The van der Waals surface area contributed by atoms with Crippen LogP contribution in [0.3, 0.4) is 0 Å². The van der Waals surface area contributed by atoms with Crippen molar-refractivity contribution in [3.8, 4) is 17.2 Å². The highest BCUT2D eigenvalue weighted by molar-refractivity contribution is 7.99. The summed E-state index contributed by atoms with van der Waals surface area (Å²) in [5, 5.41) is 8.44.